The van der Waals surface area contributed by atoms with E-state index in [1.807, 2.05) is 0 Å². The van der Waals surface area contributed by atoms with Crippen LogP contribution in [0, 0.1) is 5.92 Å². The molecule has 1 aromatic carbocycles. The number of amides is 3. The Morgan fingerprint density at radius 1 is 1.21 bits per heavy atom. The number of hydrogen-bond acceptors (Lipinski definition) is 8. The van der Waals surface area contributed by atoms with Crippen LogP contribution in [0.5, 0.6) is 0 Å². The highest BCUT2D eigenvalue weighted by molar-refractivity contribution is 7.91. The number of aliphatic hydroxyl groups excluding tert-OH is 1. The van der Waals surface area contributed by atoms with Crippen molar-refractivity contribution in [2.75, 3.05) is 19.7 Å². The van der Waals surface area contributed by atoms with Crippen LogP contribution in [-0.4, -0.2) is 86.5 Å². The van der Waals surface area contributed by atoms with E-state index in [-0.39, 0.29) is 49.8 Å². The second-order valence-corrected chi connectivity index (χ2v) is 15.2. The van der Waals surface area contributed by atoms with Gasteiger partial charge in [0.25, 0.3) is 11.8 Å². The second-order valence-electron chi connectivity index (χ2n) is 12.5. The average Bonchev–Trinajstić information content (AvgIpc) is 3.63. The number of fused-ring (bicyclic) bond motifs is 1. The Hall–Kier alpha value is -3.16. The van der Waals surface area contributed by atoms with Gasteiger partial charge in [-0.1, -0.05) is 37.6 Å². The van der Waals surface area contributed by atoms with Crippen LogP contribution < -0.4 is 5.32 Å². The topological polar surface area (TPSA) is 151 Å². The lowest BCUT2D eigenvalue weighted by molar-refractivity contribution is 0.0246. The molecule has 0 saturated heterocycles. The zero-order chi connectivity index (χ0) is 31.9. The van der Waals surface area contributed by atoms with Crippen molar-refractivity contribution in [1.29, 1.82) is 0 Å². The Morgan fingerprint density at radius 2 is 1.84 bits per heavy atom. The SMILES string of the molecule is CC(C)[C@H](CO)N(C(=O)OC(C)(C)C)S(=O)(=O)C1(CN2CCc3c(C(=O)NCc4ccc(Cl)cc4)nn(C)c3C2=O)CC1. The number of sulfonamides is 1. The van der Waals surface area contributed by atoms with Crippen LogP contribution in [0.25, 0.3) is 0 Å². The number of carbonyl (C=O) groups excluding carboxylic acids is 3. The summed E-state index contributed by atoms with van der Waals surface area (Å²) >= 11 is 5.93. The first-order valence-corrected chi connectivity index (χ1v) is 16.1. The van der Waals surface area contributed by atoms with Gasteiger partial charge in [0.2, 0.25) is 10.0 Å². The van der Waals surface area contributed by atoms with E-state index >= 15 is 0 Å². The van der Waals surface area contributed by atoms with Crippen LogP contribution in [0.4, 0.5) is 4.79 Å². The number of nitrogens with one attached hydrogen (secondary N) is 1. The fourth-order valence-electron chi connectivity index (χ4n) is 5.24. The molecule has 14 heteroatoms. The summed E-state index contributed by atoms with van der Waals surface area (Å²) in [5.74, 6) is -1.26. The third-order valence-corrected chi connectivity index (χ3v) is 10.6. The van der Waals surface area contributed by atoms with Gasteiger partial charge in [0, 0.05) is 37.3 Å². The van der Waals surface area contributed by atoms with Gasteiger partial charge in [-0.15, -0.1) is 0 Å². The number of nitrogens with zero attached hydrogens (tertiary/aromatic N) is 4. The standard InChI is InChI=1S/C29H40ClN5O7S/c1-18(2)22(16-36)35(27(39)42-28(3,4)5)43(40,41)29(12-13-29)17-34-14-11-21-23(32-33(6)24(21)26(34)38)25(37)31-15-19-7-9-20(30)10-8-19/h7-10,18,22,36H,11-17H2,1-6H3,(H,31,37)/t22-/m0/s1. The quantitative estimate of drug-likeness (QED) is 0.403. The highest BCUT2D eigenvalue weighted by Crippen LogP contribution is 2.47. The maximum Gasteiger partial charge on any atom is 0.424 e. The Kier molecular flexibility index (Phi) is 9.20. The monoisotopic (exact) mass is 637 g/mol. The Balaban J connectivity index is 1.55. The fraction of sp³-hybridized carbons (Fsp3) is 0.586. The molecule has 1 saturated carbocycles. The minimum absolute atomic E-state index is 0.145. The van der Waals surface area contributed by atoms with E-state index in [0.717, 1.165) is 5.56 Å². The van der Waals surface area contributed by atoms with E-state index in [9.17, 15) is 27.9 Å². The van der Waals surface area contributed by atoms with Gasteiger partial charge in [0.1, 0.15) is 16.0 Å². The molecular weight excluding hydrogens is 598 g/mol. The molecule has 2 aromatic rings. The number of halogens is 1. The maximum absolute atomic E-state index is 14.1. The van der Waals surface area contributed by atoms with E-state index in [0.29, 0.717) is 21.3 Å². The minimum atomic E-state index is -4.36. The van der Waals surface area contributed by atoms with E-state index in [4.69, 9.17) is 16.3 Å². The highest BCUT2D eigenvalue weighted by atomic mass is 35.5. The Morgan fingerprint density at radius 3 is 2.37 bits per heavy atom. The molecule has 2 aliphatic rings. The van der Waals surface area contributed by atoms with E-state index in [2.05, 4.69) is 10.4 Å². The first kappa shape index (κ1) is 32.7. The minimum Gasteiger partial charge on any atom is -0.443 e. The number of hydrogen-bond donors (Lipinski definition) is 2. The van der Waals surface area contributed by atoms with E-state index in [1.54, 1.807) is 65.9 Å². The molecule has 236 valence electrons. The molecule has 3 amide bonds. The number of aromatic nitrogens is 2. The number of aliphatic hydroxyl groups is 1. The van der Waals surface area contributed by atoms with E-state index in [1.165, 1.54) is 9.58 Å². The summed E-state index contributed by atoms with van der Waals surface area (Å²) in [5.41, 5.74) is 0.751. The fourth-order valence-corrected chi connectivity index (χ4v) is 7.62. The molecule has 0 bridgehead atoms. The van der Waals surface area contributed by atoms with E-state index < -0.39 is 50.9 Å². The smallest absolute Gasteiger partial charge is 0.424 e. The summed E-state index contributed by atoms with van der Waals surface area (Å²) in [6.07, 6.45) is -0.272. The van der Waals surface area contributed by atoms with Crippen molar-refractivity contribution in [1.82, 2.24) is 24.3 Å². The van der Waals surface area contributed by atoms with Crippen molar-refractivity contribution in [3.8, 4) is 0 Å². The van der Waals surface area contributed by atoms with Gasteiger partial charge in [-0.2, -0.15) is 9.40 Å². The number of rotatable bonds is 10. The first-order chi connectivity index (χ1) is 20.0. The highest BCUT2D eigenvalue weighted by Gasteiger charge is 2.61. The normalized spacial score (nSPS) is 17.0. The molecule has 12 nitrogen and oxygen atoms in total. The molecule has 43 heavy (non-hydrogen) atoms. The summed E-state index contributed by atoms with van der Waals surface area (Å²) in [4.78, 5) is 41.4. The lowest BCUT2D eigenvalue weighted by atomic mass is 10.0. The third kappa shape index (κ3) is 6.68. The molecule has 1 aliphatic carbocycles. The van der Waals surface area contributed by atoms with Crippen LogP contribution >= 0.6 is 11.6 Å². The summed E-state index contributed by atoms with van der Waals surface area (Å²) in [6, 6.07) is 6.02. The molecule has 0 unspecified atom stereocenters. The molecule has 1 aromatic heterocycles. The lowest BCUT2D eigenvalue weighted by Crippen LogP contribution is -2.57. The molecule has 0 spiro atoms. The Bertz CT molecular complexity index is 1490. The van der Waals surface area contributed by atoms with Crippen molar-refractivity contribution in [2.24, 2.45) is 13.0 Å². The van der Waals surface area contributed by atoms with Gasteiger partial charge >= 0.3 is 6.09 Å². The summed E-state index contributed by atoms with van der Waals surface area (Å²) < 4.78 is 34.4. The summed E-state index contributed by atoms with van der Waals surface area (Å²) in [6.45, 7) is 8.04. The predicted octanol–water partition coefficient (Wildman–Crippen LogP) is 3.12. The van der Waals surface area contributed by atoms with Crippen LogP contribution in [0.15, 0.2) is 24.3 Å². The van der Waals surface area contributed by atoms with Crippen LogP contribution in [0.3, 0.4) is 0 Å². The molecule has 2 heterocycles. The molecule has 1 fully saturated rings. The van der Waals surface area contributed by atoms with Crippen LogP contribution in [0.2, 0.25) is 5.02 Å². The zero-order valence-electron chi connectivity index (χ0n) is 25.4. The van der Waals surface area contributed by atoms with Crippen molar-refractivity contribution in [3.63, 3.8) is 0 Å². The van der Waals surface area contributed by atoms with Crippen LogP contribution in [0.1, 0.15) is 79.6 Å². The number of benzene rings is 1. The van der Waals surface area contributed by atoms with Crippen molar-refractivity contribution >= 4 is 39.5 Å². The maximum atomic E-state index is 14.1. The lowest BCUT2D eigenvalue weighted by Gasteiger charge is -2.38. The number of ether oxygens (including phenoxy) is 1. The third-order valence-electron chi connectivity index (χ3n) is 7.77. The summed E-state index contributed by atoms with van der Waals surface area (Å²) in [5, 5.41) is 17.8. The molecule has 1 aliphatic heterocycles. The Labute approximate surface area is 257 Å². The van der Waals surface area contributed by atoms with Gasteiger partial charge < -0.3 is 20.1 Å². The molecule has 0 radical (unpaired) electrons. The van der Waals surface area contributed by atoms with Gasteiger partial charge in [-0.05, 0) is 63.6 Å². The average molecular weight is 638 g/mol. The van der Waals surface area contributed by atoms with Crippen molar-refractivity contribution < 1.29 is 32.6 Å². The predicted molar refractivity (Wildman–Crippen MR) is 160 cm³/mol. The van der Waals surface area contributed by atoms with Gasteiger partial charge in [0.05, 0.1) is 12.6 Å². The van der Waals surface area contributed by atoms with Crippen LogP contribution in [-0.2, 0) is 34.8 Å². The first-order valence-electron chi connectivity index (χ1n) is 14.3. The molecule has 1 atom stereocenters. The van der Waals surface area contributed by atoms with Gasteiger partial charge in [-0.25, -0.2) is 13.2 Å². The van der Waals surface area contributed by atoms with Crippen molar-refractivity contribution in [3.05, 3.63) is 51.8 Å². The zero-order valence-corrected chi connectivity index (χ0v) is 27.0. The second kappa shape index (κ2) is 12.1. The van der Waals surface area contributed by atoms with Gasteiger partial charge in [0.15, 0.2) is 5.69 Å². The van der Waals surface area contributed by atoms with Gasteiger partial charge in [-0.3, -0.25) is 14.3 Å². The molecule has 4 rings (SSSR count). The summed E-state index contributed by atoms with van der Waals surface area (Å²) in [7, 11) is -2.79. The molecule has 2 N–H and O–H groups in total. The molecular formula is C29H40ClN5O7S. The number of carbonyl (C=O) groups is 3. The largest absolute Gasteiger partial charge is 0.443 e. The van der Waals surface area contributed by atoms with Crippen molar-refractivity contribution in [2.45, 2.75) is 76.8 Å². The number of aryl methyl sites for hydroxylation is 1.